The number of pyridine rings is 3. The fourth-order valence-electron chi connectivity index (χ4n) is 21.4. The quantitative estimate of drug-likeness (QED) is 0.137. The minimum absolute atomic E-state index is 0.156. The lowest BCUT2D eigenvalue weighted by Crippen LogP contribution is -2.37. The van der Waals surface area contributed by atoms with Gasteiger partial charge in [0.2, 0.25) is 0 Å². The maximum Gasteiger partial charge on any atom is 0.153 e. The standard InChI is InChI=1S/2C29H36N4.C27H30N4.C22H25N7/c1-17-13-19(3)28-26(15-17)32(22(6)30(28)8)24-11-10-12-25(21(24)5)33-23(7)31(9)29-20(4)14-18(2)16-27(29)33;1-17-13-19(3)28-26(15-17)30(8)22(6)32(28)24-11-10-12-25(21(24)5)33-23(7)31(9)27-16-18(2)14-20(4)29(27)33;1-19-23(30-18-27(28(4)20(30)2)22-12-7-6-8-13-22)16-11-17-24(19)31-21(3)29(5)25-14-9-10-15-26(25)31;1-14-19(28-15(2)26(4)21-17(28)8-6-10-24-21)12-23-13-20(14)29-16(3)27(5)22-18(29)9-7-11-25-22/h2*10-16,22-23H,1-9H3;6-18,20-21H,1-5H3;6-13,15-16H,1-5H3/t2*22-,23+;20-,21+;15-,16+/m..1./s1. The van der Waals surface area contributed by atoms with Crippen molar-refractivity contribution in [2.45, 2.75) is 188 Å². The van der Waals surface area contributed by atoms with E-state index in [1.165, 1.54) is 169 Å². The second-order valence-electron chi connectivity index (χ2n) is 36.4. The Labute approximate surface area is 749 Å². The van der Waals surface area contributed by atoms with Gasteiger partial charge < -0.3 is 78.4 Å². The second kappa shape index (κ2) is 32.8. The van der Waals surface area contributed by atoms with Crippen LogP contribution in [0.4, 0.5) is 125 Å². The van der Waals surface area contributed by atoms with Gasteiger partial charge in [-0.3, -0.25) is 4.98 Å². The van der Waals surface area contributed by atoms with Crippen LogP contribution < -0.4 is 73.5 Å². The van der Waals surface area contributed by atoms with E-state index in [-0.39, 0.29) is 49.3 Å². The van der Waals surface area contributed by atoms with Gasteiger partial charge in [0.15, 0.2) is 11.6 Å². The van der Waals surface area contributed by atoms with E-state index < -0.39 is 0 Å². The largest absolute Gasteiger partial charge is 0.353 e. The molecule has 8 aliphatic heterocycles. The van der Waals surface area contributed by atoms with Gasteiger partial charge in [-0.1, -0.05) is 84.9 Å². The first-order chi connectivity index (χ1) is 60.2. The molecule has 0 aliphatic carbocycles. The Morgan fingerprint density at radius 2 is 0.532 bits per heavy atom. The monoisotopic (exact) mass is 1680 g/mol. The molecule has 8 atom stereocenters. The number of nitrogens with zero attached hydrogens (tertiary/aromatic N) is 19. The van der Waals surface area contributed by atoms with Crippen molar-refractivity contribution in [3.05, 3.63) is 285 Å². The summed E-state index contributed by atoms with van der Waals surface area (Å²) in [6.07, 6.45) is 11.7. The zero-order valence-electron chi connectivity index (χ0n) is 79.3. The van der Waals surface area contributed by atoms with Crippen LogP contribution in [0.25, 0.3) is 5.70 Å². The number of hydrogen-bond donors (Lipinski definition) is 0. The number of aryl methyl sites for hydroxylation is 8. The summed E-state index contributed by atoms with van der Waals surface area (Å²) in [6.45, 7) is 44.8. The Hall–Kier alpha value is -13.0. The lowest BCUT2D eigenvalue weighted by atomic mass is 10.0. The Kier molecular flexibility index (Phi) is 22.2. The van der Waals surface area contributed by atoms with Crippen LogP contribution in [0.15, 0.2) is 213 Å². The minimum atomic E-state index is 0.156. The summed E-state index contributed by atoms with van der Waals surface area (Å²) in [5, 5.41) is 0. The van der Waals surface area contributed by atoms with Gasteiger partial charge in [-0.15, -0.1) is 0 Å². The molecule has 0 N–H and O–H groups in total. The van der Waals surface area contributed by atoms with Crippen molar-refractivity contribution in [2.75, 3.05) is 130 Å². The zero-order valence-corrected chi connectivity index (χ0v) is 79.3. The van der Waals surface area contributed by atoms with Gasteiger partial charge in [0.25, 0.3) is 0 Å². The lowest BCUT2D eigenvalue weighted by molar-refractivity contribution is 0.399. The molecule has 650 valence electrons. The smallest absolute Gasteiger partial charge is 0.153 e. The topological polar surface area (TPSA) is 90.5 Å². The first-order valence-corrected chi connectivity index (χ1v) is 44.8. The van der Waals surface area contributed by atoms with Crippen molar-refractivity contribution < 1.29 is 0 Å². The molecule has 0 radical (unpaired) electrons. The average molecular weight is 1680 g/mol. The molecule has 0 saturated heterocycles. The lowest BCUT2D eigenvalue weighted by Gasteiger charge is -2.33. The highest BCUT2D eigenvalue weighted by atomic mass is 15.5. The van der Waals surface area contributed by atoms with Gasteiger partial charge in [-0.25, -0.2) is 9.97 Å². The highest BCUT2D eigenvalue weighted by Gasteiger charge is 2.43. The third-order valence-corrected chi connectivity index (χ3v) is 28.7. The summed E-state index contributed by atoms with van der Waals surface area (Å²) in [7, 11) is 17.4. The number of hydrogen-bond acceptors (Lipinski definition) is 19. The molecule has 126 heavy (non-hydrogen) atoms. The molecule has 8 aliphatic rings. The molecular weight excluding hydrogens is 1550 g/mol. The van der Waals surface area contributed by atoms with E-state index in [4.69, 9.17) is 0 Å². The Morgan fingerprint density at radius 3 is 0.960 bits per heavy atom. The van der Waals surface area contributed by atoms with Crippen molar-refractivity contribution >= 4 is 131 Å². The number of anilines is 22. The average Bonchev–Trinajstić information content (AvgIpc) is 1.58. The summed E-state index contributed by atoms with van der Waals surface area (Å²) in [5.74, 6) is 1.99. The second-order valence-corrected chi connectivity index (χ2v) is 36.4. The first-order valence-electron chi connectivity index (χ1n) is 44.8. The number of para-hydroxylation sites is 2. The fourth-order valence-corrected chi connectivity index (χ4v) is 21.4. The van der Waals surface area contributed by atoms with E-state index in [1.807, 2.05) is 36.9 Å². The van der Waals surface area contributed by atoms with E-state index in [9.17, 15) is 0 Å². The third kappa shape index (κ3) is 13.8. The molecule has 0 unspecified atom stereocenters. The first kappa shape index (κ1) is 85.2. The molecule has 3 aromatic heterocycles. The van der Waals surface area contributed by atoms with Gasteiger partial charge in [0, 0.05) is 109 Å². The van der Waals surface area contributed by atoms with E-state index in [0.717, 1.165) is 34.4 Å². The predicted molar refractivity (Wildman–Crippen MR) is 535 cm³/mol. The highest BCUT2D eigenvalue weighted by molar-refractivity contribution is 5.96. The molecule has 19 heteroatoms. The van der Waals surface area contributed by atoms with Crippen molar-refractivity contribution in [3.63, 3.8) is 0 Å². The molecule has 0 spiro atoms. The van der Waals surface area contributed by atoms with Crippen LogP contribution in [0.5, 0.6) is 0 Å². The molecule has 11 heterocycles. The van der Waals surface area contributed by atoms with E-state index >= 15 is 0 Å². The van der Waals surface area contributed by atoms with Gasteiger partial charge in [0.05, 0.1) is 97.7 Å². The van der Waals surface area contributed by atoms with Crippen LogP contribution in [0.2, 0.25) is 0 Å². The van der Waals surface area contributed by atoms with Gasteiger partial charge in [-0.05, 0) is 308 Å². The van der Waals surface area contributed by atoms with Crippen molar-refractivity contribution in [1.82, 2.24) is 19.9 Å². The number of benzene rings is 9. The predicted octanol–water partition coefficient (Wildman–Crippen LogP) is 24.3. The minimum Gasteiger partial charge on any atom is -0.353 e. The van der Waals surface area contributed by atoms with Crippen LogP contribution in [-0.2, 0) is 0 Å². The van der Waals surface area contributed by atoms with E-state index in [2.05, 4.69) is 464 Å². The molecule has 9 aromatic carbocycles. The summed E-state index contributed by atoms with van der Waals surface area (Å²) >= 11 is 0. The number of fused-ring (bicyclic) bond motifs is 7. The summed E-state index contributed by atoms with van der Waals surface area (Å²) in [6, 6.07) is 66.3. The SMILES string of the molecule is Cc1c(N2C=C(c3ccccc3)N(C)[C@H]2C)cccc1N1c2ccccc2N(C)[C@@H]1C.Cc1c(N2c3cccnc3N(C)[C@H]2C)cncc1N1c2cccnc2N(C)[C@@H]1C.Cc1cc(C)c2c(c1)N(C)[C@@H](C)N2c1cccc(N2c3c(C)cc(C)cc3N(C)[C@@H]2C)c1C.Cc1cc(C)c2c(c1)N(c1cccc(N3c4cc(C)cc(C)c4N(C)[C@@H]3C)c1C)[C@H](C)N2C. The van der Waals surface area contributed by atoms with E-state index in [1.54, 1.807) is 0 Å². The number of aromatic nitrogens is 3. The van der Waals surface area contributed by atoms with Gasteiger partial charge in [0.1, 0.15) is 49.3 Å². The van der Waals surface area contributed by atoms with Crippen LogP contribution >= 0.6 is 0 Å². The number of rotatable bonds is 9. The van der Waals surface area contributed by atoms with Crippen LogP contribution in [0, 0.1) is 83.1 Å². The third-order valence-electron chi connectivity index (χ3n) is 28.7. The molecule has 20 rings (SSSR count). The molecule has 0 bridgehead atoms. The molecule has 12 aromatic rings. The Balaban J connectivity index is 0.000000119. The molecule has 0 saturated carbocycles. The van der Waals surface area contributed by atoms with Crippen LogP contribution in [-0.4, -0.2) is 126 Å². The highest BCUT2D eigenvalue weighted by Crippen LogP contribution is 2.56. The summed E-state index contributed by atoms with van der Waals surface area (Å²) in [4.78, 5) is 52.1. The maximum absolute atomic E-state index is 4.64. The summed E-state index contributed by atoms with van der Waals surface area (Å²) < 4.78 is 0. The fraction of sp³-hybridized carbons (Fsp3) is 0.336. The zero-order chi connectivity index (χ0) is 89.5. The van der Waals surface area contributed by atoms with E-state index in [0.29, 0.717) is 0 Å². The molecule has 0 fully saturated rings. The van der Waals surface area contributed by atoms with Crippen molar-refractivity contribution in [2.24, 2.45) is 0 Å². The normalized spacial score (nSPS) is 19.9. The molecular formula is C107H127N19. The van der Waals surface area contributed by atoms with Crippen LogP contribution in [0.1, 0.15) is 128 Å². The van der Waals surface area contributed by atoms with Crippen LogP contribution in [0.3, 0.4) is 0 Å². The Morgan fingerprint density at radius 1 is 0.230 bits per heavy atom. The maximum atomic E-state index is 4.64. The van der Waals surface area contributed by atoms with Gasteiger partial charge >= 0.3 is 0 Å². The molecule has 0 amide bonds. The van der Waals surface area contributed by atoms with Gasteiger partial charge in [-0.2, -0.15) is 0 Å². The van der Waals surface area contributed by atoms with Crippen molar-refractivity contribution in [1.29, 1.82) is 0 Å². The van der Waals surface area contributed by atoms with Crippen molar-refractivity contribution in [3.8, 4) is 0 Å². The summed E-state index contributed by atoms with van der Waals surface area (Å²) in [5.41, 5.74) is 43.4. The molecule has 19 nitrogen and oxygen atoms in total. The Bertz CT molecular complexity index is 5970.